The van der Waals surface area contributed by atoms with E-state index in [0.29, 0.717) is 18.4 Å². The summed E-state index contributed by atoms with van der Waals surface area (Å²) in [7, 11) is 3.17. The second kappa shape index (κ2) is 6.66. The van der Waals surface area contributed by atoms with E-state index in [-0.39, 0.29) is 22.1 Å². The number of hydrogen-bond donors (Lipinski definition) is 1. The Balaban J connectivity index is 2.35. The molecule has 0 spiro atoms. The summed E-state index contributed by atoms with van der Waals surface area (Å²) in [6, 6.07) is 6.49. The first-order valence-electron chi connectivity index (χ1n) is 6.70. The summed E-state index contributed by atoms with van der Waals surface area (Å²) < 4.78 is 5.24. The van der Waals surface area contributed by atoms with Crippen molar-refractivity contribution in [3.8, 4) is 0 Å². The predicted molar refractivity (Wildman–Crippen MR) is 82.5 cm³/mol. The van der Waals surface area contributed by atoms with Crippen LogP contribution in [0.15, 0.2) is 34.9 Å². The van der Waals surface area contributed by atoms with Crippen LogP contribution >= 0.6 is 11.6 Å². The first-order chi connectivity index (χ1) is 10.4. The molecule has 1 aromatic heterocycles. The van der Waals surface area contributed by atoms with E-state index in [2.05, 4.69) is 0 Å². The third-order valence-electron chi connectivity index (χ3n) is 3.28. The fourth-order valence-electron chi connectivity index (χ4n) is 2.14. The van der Waals surface area contributed by atoms with Gasteiger partial charge in [-0.25, -0.2) is 4.79 Å². The van der Waals surface area contributed by atoms with Gasteiger partial charge in [-0.3, -0.25) is 4.79 Å². The number of aryl methyl sites for hydroxylation is 2. The van der Waals surface area contributed by atoms with E-state index < -0.39 is 5.97 Å². The Labute approximate surface area is 133 Å². The molecule has 0 radical (unpaired) electrons. The largest absolute Gasteiger partial charge is 0.478 e. The monoisotopic (exact) mass is 321 g/mol. The van der Waals surface area contributed by atoms with Crippen LogP contribution in [0.4, 0.5) is 0 Å². The highest BCUT2D eigenvalue weighted by Gasteiger charge is 2.19. The van der Waals surface area contributed by atoms with E-state index >= 15 is 0 Å². The summed E-state index contributed by atoms with van der Waals surface area (Å²) in [5.74, 6) is -0.648. The molecule has 2 rings (SSSR count). The topological polar surface area (TPSA) is 70.8 Å². The minimum Gasteiger partial charge on any atom is -0.478 e. The molecular weight excluding hydrogens is 306 g/mol. The van der Waals surface area contributed by atoms with E-state index in [0.717, 1.165) is 5.76 Å². The second-order valence-electron chi connectivity index (χ2n) is 5.07. The van der Waals surface area contributed by atoms with Gasteiger partial charge in [0.2, 0.25) is 0 Å². The van der Waals surface area contributed by atoms with Crippen molar-refractivity contribution in [2.75, 3.05) is 14.1 Å². The van der Waals surface area contributed by atoms with Crippen molar-refractivity contribution in [1.29, 1.82) is 0 Å². The van der Waals surface area contributed by atoms with Crippen molar-refractivity contribution in [2.24, 2.45) is 0 Å². The summed E-state index contributed by atoms with van der Waals surface area (Å²) in [4.78, 5) is 24.8. The van der Waals surface area contributed by atoms with E-state index in [9.17, 15) is 14.7 Å². The van der Waals surface area contributed by atoms with Crippen molar-refractivity contribution in [1.82, 2.24) is 4.90 Å². The lowest BCUT2D eigenvalue weighted by atomic mass is 9.99. The van der Waals surface area contributed by atoms with Gasteiger partial charge in [0, 0.05) is 20.5 Å². The lowest BCUT2D eigenvalue weighted by Gasteiger charge is -2.14. The van der Waals surface area contributed by atoms with Crippen LogP contribution < -0.4 is 0 Å². The molecule has 0 aliphatic carbocycles. The minimum absolute atomic E-state index is 0.0844. The summed E-state index contributed by atoms with van der Waals surface area (Å²) in [6.07, 6.45) is 2.59. The van der Waals surface area contributed by atoms with Crippen LogP contribution in [0.1, 0.15) is 32.0 Å². The zero-order valence-corrected chi connectivity index (χ0v) is 13.1. The molecule has 1 aromatic carbocycles. The highest BCUT2D eigenvalue weighted by Crippen LogP contribution is 2.24. The van der Waals surface area contributed by atoms with Gasteiger partial charge in [0.05, 0.1) is 22.4 Å². The SMILES string of the molecule is CN(C)C(=O)c1cc(C(=O)O)c(CCc2ccco2)cc1Cl. The zero-order chi connectivity index (χ0) is 16.3. The number of aromatic carboxylic acids is 1. The Morgan fingerprint density at radius 2 is 1.95 bits per heavy atom. The van der Waals surface area contributed by atoms with Crippen molar-refractivity contribution >= 4 is 23.5 Å². The van der Waals surface area contributed by atoms with Gasteiger partial charge in [0.25, 0.3) is 5.91 Å². The van der Waals surface area contributed by atoms with Crippen LogP contribution in [-0.2, 0) is 12.8 Å². The fourth-order valence-corrected chi connectivity index (χ4v) is 2.40. The molecule has 116 valence electrons. The van der Waals surface area contributed by atoms with Crippen LogP contribution in [-0.4, -0.2) is 36.0 Å². The molecule has 0 unspecified atom stereocenters. The van der Waals surface area contributed by atoms with Gasteiger partial charge in [-0.15, -0.1) is 0 Å². The van der Waals surface area contributed by atoms with E-state index in [4.69, 9.17) is 16.0 Å². The van der Waals surface area contributed by atoms with Crippen LogP contribution in [0, 0.1) is 0 Å². The van der Waals surface area contributed by atoms with Crippen LogP contribution in [0.5, 0.6) is 0 Å². The second-order valence-corrected chi connectivity index (χ2v) is 5.48. The van der Waals surface area contributed by atoms with E-state index in [1.807, 2.05) is 6.07 Å². The average molecular weight is 322 g/mol. The molecule has 0 atom stereocenters. The minimum atomic E-state index is -1.08. The average Bonchev–Trinajstić information content (AvgIpc) is 2.97. The number of benzene rings is 1. The number of nitrogens with zero attached hydrogens (tertiary/aromatic N) is 1. The molecule has 0 bridgehead atoms. The molecule has 0 aliphatic rings. The normalized spacial score (nSPS) is 10.5. The number of carboxylic acid groups (broad SMARTS) is 1. The highest BCUT2D eigenvalue weighted by atomic mass is 35.5. The predicted octanol–water partition coefficient (Wildman–Crippen LogP) is 3.12. The number of carbonyl (C=O) groups is 2. The Morgan fingerprint density at radius 1 is 1.23 bits per heavy atom. The first-order valence-corrected chi connectivity index (χ1v) is 7.07. The number of carbonyl (C=O) groups excluding carboxylic acids is 1. The smallest absolute Gasteiger partial charge is 0.335 e. The lowest BCUT2D eigenvalue weighted by Crippen LogP contribution is -2.22. The molecule has 2 aromatic rings. The first kappa shape index (κ1) is 16.1. The molecule has 5 nitrogen and oxygen atoms in total. The third kappa shape index (κ3) is 3.49. The standard InChI is InChI=1S/C16H16ClNO4/c1-18(2)15(19)13-9-12(16(20)21)10(8-14(13)17)5-6-11-4-3-7-22-11/h3-4,7-9H,5-6H2,1-2H3,(H,20,21). The van der Waals surface area contributed by atoms with Crippen molar-refractivity contribution in [3.63, 3.8) is 0 Å². The number of halogens is 1. The van der Waals surface area contributed by atoms with E-state index in [1.54, 1.807) is 32.5 Å². The third-order valence-corrected chi connectivity index (χ3v) is 3.59. The summed E-state index contributed by atoms with van der Waals surface area (Å²) in [5.41, 5.74) is 0.844. The van der Waals surface area contributed by atoms with Crippen molar-refractivity contribution < 1.29 is 19.1 Å². The molecular formula is C16H16ClNO4. The summed E-state index contributed by atoms with van der Waals surface area (Å²) in [5, 5.41) is 9.62. The van der Waals surface area contributed by atoms with Crippen LogP contribution in [0.2, 0.25) is 5.02 Å². The van der Waals surface area contributed by atoms with Gasteiger partial charge in [0.15, 0.2) is 0 Å². The van der Waals surface area contributed by atoms with Gasteiger partial charge >= 0.3 is 5.97 Å². The molecule has 1 heterocycles. The molecule has 1 N–H and O–H groups in total. The lowest BCUT2D eigenvalue weighted by molar-refractivity contribution is 0.0695. The number of rotatable bonds is 5. The quantitative estimate of drug-likeness (QED) is 0.918. The molecule has 1 amide bonds. The number of furan rings is 1. The Kier molecular flexibility index (Phi) is 4.88. The maximum atomic E-state index is 12.0. The molecule has 6 heteroatoms. The van der Waals surface area contributed by atoms with Gasteiger partial charge in [-0.1, -0.05) is 11.6 Å². The molecule has 0 fully saturated rings. The maximum absolute atomic E-state index is 12.0. The molecule has 0 saturated carbocycles. The Bertz CT molecular complexity index is 692. The summed E-state index contributed by atoms with van der Waals surface area (Å²) >= 11 is 6.14. The number of hydrogen-bond acceptors (Lipinski definition) is 3. The van der Waals surface area contributed by atoms with E-state index in [1.165, 1.54) is 11.0 Å². The van der Waals surface area contributed by atoms with Gasteiger partial charge < -0.3 is 14.4 Å². The van der Waals surface area contributed by atoms with Crippen molar-refractivity contribution in [2.45, 2.75) is 12.8 Å². The maximum Gasteiger partial charge on any atom is 0.335 e. The highest BCUT2D eigenvalue weighted by molar-refractivity contribution is 6.34. The summed E-state index contributed by atoms with van der Waals surface area (Å²) in [6.45, 7) is 0. The number of amides is 1. The van der Waals surface area contributed by atoms with Crippen LogP contribution in [0.25, 0.3) is 0 Å². The van der Waals surface area contributed by atoms with Crippen LogP contribution in [0.3, 0.4) is 0 Å². The van der Waals surface area contributed by atoms with Gasteiger partial charge in [0.1, 0.15) is 5.76 Å². The zero-order valence-electron chi connectivity index (χ0n) is 12.3. The molecule has 0 saturated heterocycles. The molecule has 22 heavy (non-hydrogen) atoms. The van der Waals surface area contributed by atoms with Gasteiger partial charge in [-0.2, -0.15) is 0 Å². The van der Waals surface area contributed by atoms with Crippen molar-refractivity contribution in [3.05, 3.63) is 58.0 Å². The van der Waals surface area contributed by atoms with Gasteiger partial charge in [-0.05, 0) is 36.2 Å². The Morgan fingerprint density at radius 3 is 2.50 bits per heavy atom. The number of carboxylic acids is 1. The molecule has 0 aliphatic heterocycles. The fraction of sp³-hybridized carbons (Fsp3) is 0.250. The Hall–Kier alpha value is -2.27.